The smallest absolute Gasteiger partial charge is 0.338 e. The van der Waals surface area contributed by atoms with E-state index in [0.29, 0.717) is 22.9 Å². The molecule has 2 aromatic rings. The van der Waals surface area contributed by atoms with Gasteiger partial charge >= 0.3 is 5.97 Å². The number of benzene rings is 1. The predicted molar refractivity (Wildman–Crippen MR) is 76.7 cm³/mol. The summed E-state index contributed by atoms with van der Waals surface area (Å²) in [5, 5.41) is 0.393. The Hall–Kier alpha value is -2.50. The van der Waals surface area contributed by atoms with Crippen LogP contribution < -0.4 is 4.74 Å². The number of aromatic nitrogens is 1. The fourth-order valence-corrected chi connectivity index (χ4v) is 2.11. The highest BCUT2D eigenvalue weighted by Gasteiger charge is 2.26. The van der Waals surface area contributed by atoms with Gasteiger partial charge in [0.25, 0.3) is 0 Å². The summed E-state index contributed by atoms with van der Waals surface area (Å²) in [5.74, 6) is -0.878. The first-order valence-electron chi connectivity index (χ1n) is 7.05. The van der Waals surface area contributed by atoms with E-state index in [1.165, 1.54) is 18.2 Å². The molecule has 1 aliphatic carbocycles. The monoisotopic (exact) mass is 303 g/mol. The summed E-state index contributed by atoms with van der Waals surface area (Å²) in [4.78, 5) is 26.8. The minimum absolute atomic E-state index is 0.0761. The van der Waals surface area contributed by atoms with E-state index in [0.717, 1.165) is 12.8 Å². The molecule has 0 spiro atoms. The predicted octanol–water partition coefficient (Wildman–Crippen LogP) is 2.90. The van der Waals surface area contributed by atoms with Crippen LogP contribution in [0.15, 0.2) is 18.2 Å². The first kappa shape index (κ1) is 14.4. The first-order valence-corrected chi connectivity index (χ1v) is 7.05. The molecule has 1 saturated carbocycles. The second kappa shape index (κ2) is 5.71. The molecular weight excluding hydrogens is 289 g/mol. The molecule has 114 valence electrons. The largest absolute Gasteiger partial charge is 0.488 e. The van der Waals surface area contributed by atoms with Gasteiger partial charge in [0.05, 0.1) is 18.3 Å². The van der Waals surface area contributed by atoms with Crippen LogP contribution in [-0.2, 0) is 4.74 Å². The number of fused-ring (bicyclic) bond motifs is 1. The van der Waals surface area contributed by atoms with Gasteiger partial charge in [0.2, 0.25) is 0 Å². The lowest BCUT2D eigenvalue weighted by Gasteiger charge is -2.11. The van der Waals surface area contributed by atoms with Gasteiger partial charge in [-0.25, -0.2) is 14.2 Å². The molecule has 22 heavy (non-hydrogen) atoms. The standard InChI is InChI=1S/C16H14FNO4/c1-2-21-16(20)10-5-9-6-12(17)13(8-19)18-15(9)14(7-10)22-11-3-4-11/h5-8,11H,2-4H2,1H3. The Kier molecular flexibility index (Phi) is 3.75. The van der Waals surface area contributed by atoms with Gasteiger partial charge in [0, 0.05) is 5.39 Å². The molecule has 1 aliphatic rings. The maximum atomic E-state index is 13.8. The van der Waals surface area contributed by atoms with Crippen LogP contribution in [0, 0.1) is 5.82 Å². The number of hydrogen-bond acceptors (Lipinski definition) is 5. The summed E-state index contributed by atoms with van der Waals surface area (Å²) >= 11 is 0. The van der Waals surface area contributed by atoms with Gasteiger partial charge < -0.3 is 9.47 Å². The fourth-order valence-electron chi connectivity index (χ4n) is 2.11. The molecule has 0 amide bonds. The summed E-state index contributed by atoms with van der Waals surface area (Å²) in [5.41, 5.74) is 0.352. The lowest BCUT2D eigenvalue weighted by atomic mass is 10.1. The van der Waals surface area contributed by atoms with Crippen molar-refractivity contribution in [2.24, 2.45) is 0 Å². The fraction of sp³-hybridized carbons (Fsp3) is 0.312. The maximum Gasteiger partial charge on any atom is 0.338 e. The van der Waals surface area contributed by atoms with Crippen LogP contribution in [0.4, 0.5) is 4.39 Å². The van der Waals surface area contributed by atoms with Crippen LogP contribution in [0.3, 0.4) is 0 Å². The molecule has 0 unspecified atom stereocenters. The van der Waals surface area contributed by atoms with Crippen molar-refractivity contribution in [2.75, 3.05) is 6.61 Å². The summed E-state index contributed by atoms with van der Waals surface area (Å²) in [6, 6.07) is 4.18. The molecule has 3 rings (SSSR count). The van der Waals surface area contributed by atoms with Crippen LogP contribution in [-0.4, -0.2) is 30.0 Å². The van der Waals surface area contributed by atoms with Crippen LogP contribution >= 0.6 is 0 Å². The molecule has 0 aliphatic heterocycles. The Morgan fingerprint density at radius 1 is 1.41 bits per heavy atom. The number of hydrogen-bond donors (Lipinski definition) is 0. The van der Waals surface area contributed by atoms with Gasteiger partial charge in [0.15, 0.2) is 12.1 Å². The zero-order valence-corrected chi connectivity index (χ0v) is 12.0. The number of nitrogens with zero attached hydrogens (tertiary/aromatic N) is 1. The van der Waals surface area contributed by atoms with E-state index in [2.05, 4.69) is 4.98 Å². The minimum atomic E-state index is -0.735. The Morgan fingerprint density at radius 2 is 2.18 bits per heavy atom. The zero-order valence-electron chi connectivity index (χ0n) is 12.0. The van der Waals surface area contributed by atoms with Gasteiger partial charge in [-0.15, -0.1) is 0 Å². The highest BCUT2D eigenvalue weighted by molar-refractivity contribution is 5.97. The third-order valence-electron chi connectivity index (χ3n) is 3.30. The molecule has 0 atom stereocenters. The highest BCUT2D eigenvalue weighted by Crippen LogP contribution is 2.33. The van der Waals surface area contributed by atoms with Crippen LogP contribution in [0.25, 0.3) is 10.9 Å². The van der Waals surface area contributed by atoms with E-state index >= 15 is 0 Å². The second-order valence-electron chi connectivity index (χ2n) is 5.06. The summed E-state index contributed by atoms with van der Waals surface area (Å²) in [7, 11) is 0. The van der Waals surface area contributed by atoms with Crippen molar-refractivity contribution in [1.29, 1.82) is 0 Å². The molecule has 0 bridgehead atoms. The van der Waals surface area contributed by atoms with Crippen molar-refractivity contribution >= 4 is 23.2 Å². The molecule has 5 nitrogen and oxygen atoms in total. The SMILES string of the molecule is CCOC(=O)c1cc(OC2CC2)c2nc(C=O)c(F)cc2c1. The normalized spacial score (nSPS) is 13.9. The number of halogens is 1. The Balaban J connectivity index is 2.15. The number of carbonyl (C=O) groups is 2. The van der Waals surface area contributed by atoms with E-state index in [1.807, 2.05) is 0 Å². The van der Waals surface area contributed by atoms with Crippen molar-refractivity contribution < 1.29 is 23.5 Å². The lowest BCUT2D eigenvalue weighted by Crippen LogP contribution is -2.07. The maximum absolute atomic E-state index is 13.8. The van der Waals surface area contributed by atoms with E-state index in [1.54, 1.807) is 6.92 Å². The molecule has 1 fully saturated rings. The third kappa shape index (κ3) is 2.77. The number of ether oxygens (including phenoxy) is 2. The van der Waals surface area contributed by atoms with E-state index in [4.69, 9.17) is 9.47 Å². The van der Waals surface area contributed by atoms with Gasteiger partial charge in [-0.3, -0.25) is 4.79 Å². The number of pyridine rings is 1. The van der Waals surface area contributed by atoms with Crippen molar-refractivity contribution in [2.45, 2.75) is 25.9 Å². The summed E-state index contributed by atoms with van der Waals surface area (Å²) < 4.78 is 24.5. The quantitative estimate of drug-likeness (QED) is 0.627. The minimum Gasteiger partial charge on any atom is -0.488 e. The van der Waals surface area contributed by atoms with Crippen LogP contribution in [0.5, 0.6) is 5.75 Å². The Bertz CT molecular complexity index is 755. The number of rotatable bonds is 5. The van der Waals surface area contributed by atoms with Gasteiger partial charge in [-0.2, -0.15) is 0 Å². The summed E-state index contributed by atoms with van der Waals surface area (Å²) in [6.07, 6.45) is 2.28. The average Bonchev–Trinajstić information content (AvgIpc) is 3.30. The van der Waals surface area contributed by atoms with Crippen molar-refractivity contribution in [3.05, 3.63) is 35.3 Å². The Morgan fingerprint density at radius 3 is 2.82 bits per heavy atom. The molecule has 0 N–H and O–H groups in total. The molecule has 6 heteroatoms. The van der Waals surface area contributed by atoms with E-state index < -0.39 is 11.8 Å². The zero-order chi connectivity index (χ0) is 15.7. The molecule has 1 aromatic heterocycles. The molecule has 0 radical (unpaired) electrons. The van der Waals surface area contributed by atoms with Crippen molar-refractivity contribution in [3.63, 3.8) is 0 Å². The first-order chi connectivity index (χ1) is 10.6. The Labute approximate surface area is 126 Å². The van der Waals surface area contributed by atoms with Crippen molar-refractivity contribution in [3.8, 4) is 5.75 Å². The van der Waals surface area contributed by atoms with Gasteiger partial charge in [-0.05, 0) is 38.0 Å². The highest BCUT2D eigenvalue weighted by atomic mass is 19.1. The van der Waals surface area contributed by atoms with E-state index in [-0.39, 0.29) is 24.0 Å². The summed E-state index contributed by atoms with van der Waals surface area (Å²) in [6.45, 7) is 1.95. The van der Waals surface area contributed by atoms with Gasteiger partial charge in [-0.1, -0.05) is 0 Å². The lowest BCUT2D eigenvalue weighted by molar-refractivity contribution is 0.0526. The van der Waals surface area contributed by atoms with Crippen LogP contribution in [0.2, 0.25) is 0 Å². The molecular formula is C16H14FNO4. The number of carbonyl (C=O) groups excluding carboxylic acids is 2. The topological polar surface area (TPSA) is 65.5 Å². The van der Waals surface area contributed by atoms with Crippen LogP contribution in [0.1, 0.15) is 40.6 Å². The third-order valence-corrected chi connectivity index (χ3v) is 3.30. The number of esters is 1. The van der Waals surface area contributed by atoms with Crippen molar-refractivity contribution in [1.82, 2.24) is 4.98 Å². The number of aldehydes is 1. The second-order valence-corrected chi connectivity index (χ2v) is 5.06. The van der Waals surface area contributed by atoms with Gasteiger partial charge in [0.1, 0.15) is 17.0 Å². The molecule has 1 aromatic carbocycles. The van der Waals surface area contributed by atoms with E-state index in [9.17, 15) is 14.0 Å². The average molecular weight is 303 g/mol. The molecule has 0 saturated heterocycles. The molecule has 1 heterocycles.